The van der Waals surface area contributed by atoms with Crippen molar-refractivity contribution in [3.05, 3.63) is 65.5 Å². The number of benzene rings is 2. The Morgan fingerprint density at radius 3 is 1.85 bits per heavy atom. The molecule has 0 amide bonds. The molecule has 0 saturated carbocycles. The van der Waals surface area contributed by atoms with Gasteiger partial charge in [-0.25, -0.2) is 4.39 Å². The van der Waals surface area contributed by atoms with Gasteiger partial charge in [-0.1, -0.05) is 24.3 Å². The van der Waals surface area contributed by atoms with E-state index in [9.17, 15) is 13.2 Å². The fraction of sp³-hybridized carbons (Fsp3) is 0.200. The van der Waals surface area contributed by atoms with Gasteiger partial charge in [-0.2, -0.15) is 8.78 Å². The Morgan fingerprint density at radius 2 is 1.40 bits per heavy atom. The molecule has 0 radical (unpaired) electrons. The Kier molecular flexibility index (Phi) is 4.63. The predicted octanol–water partition coefficient (Wildman–Crippen LogP) is 3.74. The van der Waals surface area contributed by atoms with Gasteiger partial charge in [-0.3, -0.25) is 0 Å². The Labute approximate surface area is 115 Å². The van der Waals surface area contributed by atoms with Gasteiger partial charge in [0, 0.05) is 0 Å². The van der Waals surface area contributed by atoms with Crippen molar-refractivity contribution in [1.29, 1.82) is 0 Å². The highest BCUT2D eigenvalue weighted by Crippen LogP contribution is 2.24. The fourth-order valence-electron chi connectivity index (χ4n) is 2.02. The van der Waals surface area contributed by atoms with Crippen molar-refractivity contribution in [1.82, 2.24) is 5.32 Å². The first-order valence-corrected chi connectivity index (χ1v) is 6.07. The molecule has 1 unspecified atom stereocenters. The molecule has 5 heteroatoms. The lowest BCUT2D eigenvalue weighted by Gasteiger charge is -2.17. The van der Waals surface area contributed by atoms with Gasteiger partial charge in [0.05, 0.1) is 6.04 Å². The summed E-state index contributed by atoms with van der Waals surface area (Å²) in [6, 6.07) is 12.3. The van der Waals surface area contributed by atoms with E-state index in [4.69, 9.17) is 0 Å². The maximum absolute atomic E-state index is 12.9. The number of hydrogen-bond donors (Lipinski definition) is 1. The van der Waals surface area contributed by atoms with Gasteiger partial charge in [-0.05, 0) is 42.4 Å². The third-order valence-electron chi connectivity index (χ3n) is 2.93. The molecule has 0 saturated heterocycles. The molecule has 0 aliphatic carbocycles. The van der Waals surface area contributed by atoms with Crippen LogP contribution in [0.2, 0.25) is 0 Å². The monoisotopic (exact) mass is 281 g/mol. The summed E-state index contributed by atoms with van der Waals surface area (Å²) < 4.78 is 41.4. The second kappa shape index (κ2) is 6.43. The lowest BCUT2D eigenvalue weighted by Crippen LogP contribution is -2.17. The number of hydrogen-bond acceptors (Lipinski definition) is 2. The van der Waals surface area contributed by atoms with Crippen LogP contribution in [-0.4, -0.2) is 13.7 Å². The van der Waals surface area contributed by atoms with E-state index in [0.717, 1.165) is 11.1 Å². The molecule has 0 bridgehead atoms. The minimum Gasteiger partial charge on any atom is -0.435 e. The third-order valence-corrected chi connectivity index (χ3v) is 2.93. The van der Waals surface area contributed by atoms with Crippen LogP contribution >= 0.6 is 0 Å². The molecular formula is C15H14F3NO. The van der Waals surface area contributed by atoms with Crippen LogP contribution in [0.3, 0.4) is 0 Å². The third kappa shape index (κ3) is 3.51. The fourth-order valence-corrected chi connectivity index (χ4v) is 2.02. The zero-order chi connectivity index (χ0) is 14.5. The normalized spacial score (nSPS) is 12.4. The van der Waals surface area contributed by atoms with Crippen molar-refractivity contribution in [2.24, 2.45) is 0 Å². The average Bonchev–Trinajstić information content (AvgIpc) is 2.43. The molecule has 0 aliphatic heterocycles. The molecule has 2 nitrogen and oxygen atoms in total. The van der Waals surface area contributed by atoms with E-state index in [1.165, 1.54) is 24.3 Å². The molecule has 20 heavy (non-hydrogen) atoms. The SMILES string of the molecule is CNC(c1ccc(F)cc1)c1ccc(OC(F)F)cc1. The molecule has 106 valence electrons. The Morgan fingerprint density at radius 1 is 0.900 bits per heavy atom. The summed E-state index contributed by atoms with van der Waals surface area (Å²) in [5.74, 6) is -0.193. The zero-order valence-corrected chi connectivity index (χ0v) is 10.8. The van der Waals surface area contributed by atoms with Gasteiger partial charge in [0.1, 0.15) is 11.6 Å². The second-order valence-corrected chi connectivity index (χ2v) is 4.22. The van der Waals surface area contributed by atoms with E-state index in [0.29, 0.717) is 0 Å². The molecular weight excluding hydrogens is 267 g/mol. The Hall–Kier alpha value is -2.01. The van der Waals surface area contributed by atoms with Crippen molar-refractivity contribution < 1.29 is 17.9 Å². The lowest BCUT2D eigenvalue weighted by atomic mass is 9.99. The van der Waals surface area contributed by atoms with Crippen molar-refractivity contribution in [2.45, 2.75) is 12.7 Å². The highest BCUT2D eigenvalue weighted by molar-refractivity contribution is 5.35. The predicted molar refractivity (Wildman–Crippen MR) is 70.4 cm³/mol. The molecule has 1 N–H and O–H groups in total. The summed E-state index contributed by atoms with van der Waals surface area (Å²) in [5, 5.41) is 3.10. The van der Waals surface area contributed by atoms with Crippen LogP contribution in [0.4, 0.5) is 13.2 Å². The zero-order valence-electron chi connectivity index (χ0n) is 10.8. The average molecular weight is 281 g/mol. The minimum absolute atomic E-state index is 0.109. The number of alkyl halides is 2. The molecule has 1 atom stereocenters. The number of halogens is 3. The van der Waals surface area contributed by atoms with E-state index >= 15 is 0 Å². The Bertz CT molecular complexity index is 540. The van der Waals surface area contributed by atoms with E-state index < -0.39 is 6.61 Å². The van der Waals surface area contributed by atoms with Gasteiger partial charge >= 0.3 is 6.61 Å². The van der Waals surface area contributed by atoms with Crippen LogP contribution in [-0.2, 0) is 0 Å². The summed E-state index contributed by atoms with van der Waals surface area (Å²) in [6.07, 6.45) is 0. The van der Waals surface area contributed by atoms with Crippen LogP contribution in [0.1, 0.15) is 17.2 Å². The summed E-state index contributed by atoms with van der Waals surface area (Å²) in [6.45, 7) is -2.84. The highest BCUT2D eigenvalue weighted by atomic mass is 19.3. The summed E-state index contributed by atoms with van der Waals surface area (Å²) in [7, 11) is 1.78. The van der Waals surface area contributed by atoms with Gasteiger partial charge in [0.15, 0.2) is 0 Å². The van der Waals surface area contributed by atoms with E-state index in [-0.39, 0.29) is 17.6 Å². The first-order valence-electron chi connectivity index (χ1n) is 6.07. The van der Waals surface area contributed by atoms with Crippen LogP contribution in [0, 0.1) is 5.82 Å². The molecule has 0 aliphatic rings. The van der Waals surface area contributed by atoms with Gasteiger partial charge < -0.3 is 10.1 Å². The van der Waals surface area contributed by atoms with Gasteiger partial charge in [0.25, 0.3) is 0 Å². The lowest BCUT2D eigenvalue weighted by molar-refractivity contribution is -0.0498. The van der Waals surface area contributed by atoms with Gasteiger partial charge in [0.2, 0.25) is 0 Å². The van der Waals surface area contributed by atoms with Crippen LogP contribution in [0.15, 0.2) is 48.5 Å². The topological polar surface area (TPSA) is 21.3 Å². The molecule has 0 fully saturated rings. The van der Waals surface area contributed by atoms with Gasteiger partial charge in [-0.15, -0.1) is 0 Å². The highest BCUT2D eigenvalue weighted by Gasteiger charge is 2.12. The molecule has 0 heterocycles. The van der Waals surface area contributed by atoms with Crippen molar-refractivity contribution in [3.63, 3.8) is 0 Å². The van der Waals surface area contributed by atoms with Crippen LogP contribution in [0.25, 0.3) is 0 Å². The maximum Gasteiger partial charge on any atom is 0.387 e. The van der Waals surface area contributed by atoms with E-state index in [2.05, 4.69) is 10.1 Å². The molecule has 0 spiro atoms. The van der Waals surface area contributed by atoms with Crippen molar-refractivity contribution >= 4 is 0 Å². The summed E-state index contributed by atoms with van der Waals surface area (Å²) in [5.41, 5.74) is 1.76. The number of rotatable bonds is 5. The number of nitrogens with one attached hydrogen (secondary N) is 1. The molecule has 2 aromatic rings. The van der Waals surface area contributed by atoms with Crippen molar-refractivity contribution in [3.8, 4) is 5.75 Å². The smallest absolute Gasteiger partial charge is 0.387 e. The Balaban J connectivity index is 2.21. The molecule has 2 aromatic carbocycles. The van der Waals surface area contributed by atoms with Crippen LogP contribution < -0.4 is 10.1 Å². The first kappa shape index (κ1) is 14.4. The van der Waals surface area contributed by atoms with Crippen molar-refractivity contribution in [2.75, 3.05) is 7.05 Å². The summed E-state index contributed by atoms with van der Waals surface area (Å²) in [4.78, 5) is 0. The minimum atomic E-state index is -2.84. The standard InChI is InChI=1S/C15H14F3NO/c1-19-14(10-2-6-12(16)7-3-10)11-4-8-13(9-5-11)20-15(17)18/h2-9,14-15,19H,1H3. The summed E-state index contributed by atoms with van der Waals surface area (Å²) >= 11 is 0. The molecule has 0 aromatic heterocycles. The molecule has 2 rings (SSSR count). The maximum atomic E-state index is 12.9. The second-order valence-electron chi connectivity index (χ2n) is 4.22. The van der Waals surface area contributed by atoms with E-state index in [1.54, 1.807) is 31.3 Å². The largest absolute Gasteiger partial charge is 0.435 e. The van der Waals surface area contributed by atoms with Crippen LogP contribution in [0.5, 0.6) is 5.75 Å². The quantitative estimate of drug-likeness (QED) is 0.901. The van der Waals surface area contributed by atoms with E-state index in [1.807, 2.05) is 0 Å². The number of ether oxygens (including phenoxy) is 1. The first-order chi connectivity index (χ1) is 9.60.